The summed E-state index contributed by atoms with van der Waals surface area (Å²) < 4.78 is 14.9. The maximum Gasteiger partial charge on any atom is 0.125 e. The van der Waals surface area contributed by atoms with Crippen molar-refractivity contribution in [2.45, 2.75) is 19.9 Å². The van der Waals surface area contributed by atoms with Crippen LogP contribution in [0.25, 0.3) is 10.9 Å². The quantitative estimate of drug-likeness (QED) is 0.614. The third-order valence-corrected chi connectivity index (χ3v) is 2.56. The lowest BCUT2D eigenvalue weighted by Crippen LogP contribution is -2.12. The van der Waals surface area contributed by atoms with Gasteiger partial charge in [0, 0.05) is 18.5 Å². The van der Waals surface area contributed by atoms with Gasteiger partial charge in [0.1, 0.15) is 5.82 Å². The number of rotatable bonds is 4. The standard InChI is InChI=1S/C11H14FN3O/c1-8-10-4-3-9(12)7-11(10)15(14-8)6-2-5-13-16/h3-4,7,13,16H,2,5-6H2,1H3. The molecule has 2 rings (SSSR count). The Morgan fingerprint density at radius 1 is 1.50 bits per heavy atom. The molecule has 0 amide bonds. The van der Waals surface area contributed by atoms with Crippen molar-refractivity contribution in [2.24, 2.45) is 0 Å². The first kappa shape index (κ1) is 11.0. The Morgan fingerprint density at radius 3 is 3.06 bits per heavy atom. The molecule has 4 nitrogen and oxygen atoms in total. The summed E-state index contributed by atoms with van der Waals surface area (Å²) in [6.45, 7) is 3.05. The highest BCUT2D eigenvalue weighted by Crippen LogP contribution is 2.19. The zero-order valence-electron chi connectivity index (χ0n) is 9.07. The van der Waals surface area contributed by atoms with Crippen molar-refractivity contribution in [1.82, 2.24) is 15.3 Å². The number of hydrogen-bond acceptors (Lipinski definition) is 3. The molecule has 1 aromatic carbocycles. The fourth-order valence-corrected chi connectivity index (χ4v) is 1.79. The first-order valence-corrected chi connectivity index (χ1v) is 5.22. The number of halogens is 1. The molecule has 1 aromatic heterocycles. The van der Waals surface area contributed by atoms with Crippen molar-refractivity contribution in [2.75, 3.05) is 6.54 Å². The van der Waals surface area contributed by atoms with Gasteiger partial charge in [0.2, 0.25) is 0 Å². The molecular formula is C11H14FN3O. The van der Waals surface area contributed by atoms with Gasteiger partial charge in [-0.3, -0.25) is 4.68 Å². The molecule has 0 aliphatic heterocycles. The van der Waals surface area contributed by atoms with Crippen LogP contribution in [0.15, 0.2) is 18.2 Å². The molecule has 16 heavy (non-hydrogen) atoms. The van der Waals surface area contributed by atoms with Gasteiger partial charge in [0.05, 0.1) is 11.2 Å². The van der Waals surface area contributed by atoms with Gasteiger partial charge in [-0.25, -0.2) is 9.87 Å². The Kier molecular flexibility index (Phi) is 3.17. The van der Waals surface area contributed by atoms with E-state index >= 15 is 0 Å². The van der Waals surface area contributed by atoms with E-state index in [2.05, 4.69) is 10.6 Å². The summed E-state index contributed by atoms with van der Waals surface area (Å²) in [7, 11) is 0. The number of aromatic nitrogens is 2. The molecule has 0 bridgehead atoms. The molecule has 0 aliphatic rings. The average Bonchev–Trinajstić information content (AvgIpc) is 2.56. The van der Waals surface area contributed by atoms with Crippen molar-refractivity contribution < 1.29 is 9.60 Å². The Hall–Kier alpha value is -1.46. The zero-order chi connectivity index (χ0) is 11.5. The molecule has 0 fully saturated rings. The summed E-state index contributed by atoms with van der Waals surface area (Å²) in [4.78, 5) is 0. The number of hydroxylamine groups is 1. The van der Waals surface area contributed by atoms with Crippen molar-refractivity contribution in [3.8, 4) is 0 Å². The Morgan fingerprint density at radius 2 is 2.31 bits per heavy atom. The smallest absolute Gasteiger partial charge is 0.125 e. The molecule has 2 aromatic rings. The van der Waals surface area contributed by atoms with Crippen LogP contribution >= 0.6 is 0 Å². The SMILES string of the molecule is Cc1nn(CCCNO)c2cc(F)ccc12. The fourth-order valence-electron chi connectivity index (χ4n) is 1.79. The van der Waals surface area contributed by atoms with E-state index in [4.69, 9.17) is 5.21 Å². The van der Waals surface area contributed by atoms with E-state index in [0.29, 0.717) is 13.1 Å². The summed E-state index contributed by atoms with van der Waals surface area (Å²) in [5.41, 5.74) is 3.79. The maximum atomic E-state index is 13.1. The minimum absolute atomic E-state index is 0.256. The molecule has 0 radical (unpaired) electrons. The maximum absolute atomic E-state index is 13.1. The molecule has 1 heterocycles. The second-order valence-corrected chi connectivity index (χ2v) is 3.73. The average molecular weight is 223 g/mol. The van der Waals surface area contributed by atoms with Crippen molar-refractivity contribution in [1.29, 1.82) is 0 Å². The molecule has 2 N–H and O–H groups in total. The lowest BCUT2D eigenvalue weighted by Gasteiger charge is -2.02. The van der Waals surface area contributed by atoms with Crippen LogP contribution in [0.1, 0.15) is 12.1 Å². The summed E-state index contributed by atoms with van der Waals surface area (Å²) in [5.74, 6) is -0.256. The van der Waals surface area contributed by atoms with Gasteiger partial charge in [0.15, 0.2) is 0 Å². The Labute approximate surface area is 92.6 Å². The molecule has 0 aliphatic carbocycles. The lowest BCUT2D eigenvalue weighted by atomic mass is 10.2. The van der Waals surface area contributed by atoms with Crippen LogP contribution in [0.4, 0.5) is 4.39 Å². The van der Waals surface area contributed by atoms with Crippen LogP contribution in [0.3, 0.4) is 0 Å². The Balaban J connectivity index is 2.33. The normalized spacial score (nSPS) is 11.2. The molecule has 5 heteroatoms. The first-order valence-electron chi connectivity index (χ1n) is 5.22. The molecule has 0 atom stereocenters. The fraction of sp³-hybridized carbons (Fsp3) is 0.364. The number of hydrogen-bond donors (Lipinski definition) is 2. The van der Waals surface area contributed by atoms with Crippen LogP contribution in [0, 0.1) is 12.7 Å². The first-order chi connectivity index (χ1) is 7.72. The van der Waals surface area contributed by atoms with Gasteiger partial charge in [0.25, 0.3) is 0 Å². The predicted octanol–water partition coefficient (Wildman–Crippen LogP) is 1.85. The third kappa shape index (κ3) is 2.05. The number of aryl methyl sites for hydroxylation is 2. The predicted molar refractivity (Wildman–Crippen MR) is 58.8 cm³/mol. The van der Waals surface area contributed by atoms with Crippen LogP contribution < -0.4 is 5.48 Å². The van der Waals surface area contributed by atoms with E-state index in [0.717, 1.165) is 23.0 Å². The highest BCUT2D eigenvalue weighted by atomic mass is 19.1. The molecule has 86 valence electrons. The van der Waals surface area contributed by atoms with Crippen LogP contribution in [0.5, 0.6) is 0 Å². The summed E-state index contributed by atoms with van der Waals surface area (Å²) in [6.07, 6.45) is 0.739. The number of benzene rings is 1. The summed E-state index contributed by atoms with van der Waals surface area (Å²) >= 11 is 0. The summed E-state index contributed by atoms with van der Waals surface area (Å²) in [5, 5.41) is 13.8. The van der Waals surface area contributed by atoms with Crippen molar-refractivity contribution in [3.05, 3.63) is 29.7 Å². The van der Waals surface area contributed by atoms with E-state index in [1.54, 1.807) is 10.7 Å². The molecule has 0 saturated heterocycles. The van der Waals surface area contributed by atoms with E-state index in [1.807, 2.05) is 6.92 Å². The van der Waals surface area contributed by atoms with Gasteiger partial charge in [-0.2, -0.15) is 5.10 Å². The van der Waals surface area contributed by atoms with Gasteiger partial charge in [-0.1, -0.05) is 0 Å². The molecular weight excluding hydrogens is 209 g/mol. The number of fused-ring (bicyclic) bond motifs is 1. The topological polar surface area (TPSA) is 50.1 Å². The van der Waals surface area contributed by atoms with E-state index in [-0.39, 0.29) is 5.82 Å². The minimum atomic E-state index is -0.256. The molecule has 0 unspecified atom stereocenters. The molecule has 0 spiro atoms. The number of nitrogens with zero attached hydrogens (tertiary/aromatic N) is 2. The van der Waals surface area contributed by atoms with Crippen LogP contribution in [-0.4, -0.2) is 21.5 Å². The van der Waals surface area contributed by atoms with E-state index in [1.165, 1.54) is 12.1 Å². The molecule has 0 saturated carbocycles. The lowest BCUT2D eigenvalue weighted by molar-refractivity contribution is 0.163. The zero-order valence-corrected chi connectivity index (χ0v) is 9.07. The second kappa shape index (κ2) is 4.59. The highest BCUT2D eigenvalue weighted by Gasteiger charge is 2.07. The van der Waals surface area contributed by atoms with Gasteiger partial charge < -0.3 is 5.21 Å². The van der Waals surface area contributed by atoms with Gasteiger partial charge >= 0.3 is 0 Å². The van der Waals surface area contributed by atoms with Gasteiger partial charge in [-0.15, -0.1) is 0 Å². The minimum Gasteiger partial charge on any atom is -0.317 e. The Bertz CT molecular complexity index is 495. The monoisotopic (exact) mass is 223 g/mol. The second-order valence-electron chi connectivity index (χ2n) is 3.73. The van der Waals surface area contributed by atoms with Crippen molar-refractivity contribution >= 4 is 10.9 Å². The van der Waals surface area contributed by atoms with Crippen LogP contribution in [0.2, 0.25) is 0 Å². The van der Waals surface area contributed by atoms with Gasteiger partial charge in [-0.05, 0) is 31.5 Å². The largest absolute Gasteiger partial charge is 0.317 e. The third-order valence-electron chi connectivity index (χ3n) is 2.56. The summed E-state index contributed by atoms with van der Waals surface area (Å²) in [6, 6.07) is 4.67. The van der Waals surface area contributed by atoms with E-state index in [9.17, 15) is 4.39 Å². The van der Waals surface area contributed by atoms with Crippen molar-refractivity contribution in [3.63, 3.8) is 0 Å². The number of nitrogens with one attached hydrogen (secondary N) is 1. The van der Waals surface area contributed by atoms with Crippen LogP contribution in [-0.2, 0) is 6.54 Å². The van der Waals surface area contributed by atoms with E-state index < -0.39 is 0 Å². The highest BCUT2D eigenvalue weighted by molar-refractivity contribution is 5.81.